The van der Waals surface area contributed by atoms with Gasteiger partial charge in [-0.25, -0.2) is 8.42 Å². The van der Waals surface area contributed by atoms with Crippen LogP contribution in [0.25, 0.3) is 17.4 Å². The summed E-state index contributed by atoms with van der Waals surface area (Å²) in [6, 6.07) is 15.7. The van der Waals surface area contributed by atoms with E-state index in [9.17, 15) is 18.3 Å². The summed E-state index contributed by atoms with van der Waals surface area (Å²) in [5.41, 5.74) is 2.26. The lowest BCUT2D eigenvalue weighted by molar-refractivity contribution is -0.132. The fraction of sp³-hybridized carbons (Fsp3) is 0.174. The van der Waals surface area contributed by atoms with Gasteiger partial charge >= 0.3 is 5.97 Å². The molecule has 30 heavy (non-hydrogen) atoms. The molecular weight excluding hydrogens is 404 g/mol. The van der Waals surface area contributed by atoms with Gasteiger partial charge in [0.15, 0.2) is 21.3 Å². The summed E-state index contributed by atoms with van der Waals surface area (Å²) in [4.78, 5) is 11.0. The first-order valence-corrected chi connectivity index (χ1v) is 11.0. The van der Waals surface area contributed by atoms with Gasteiger partial charge in [0.05, 0.1) is 5.75 Å². The molecule has 0 saturated carbocycles. The Morgan fingerprint density at radius 3 is 2.60 bits per heavy atom. The van der Waals surface area contributed by atoms with Gasteiger partial charge in [-0.2, -0.15) is 0 Å². The van der Waals surface area contributed by atoms with Crippen molar-refractivity contribution < 1.29 is 27.5 Å². The van der Waals surface area contributed by atoms with Crippen LogP contribution < -0.4 is 4.74 Å². The number of benzene rings is 2. The maximum Gasteiger partial charge on any atom is 0.308 e. The van der Waals surface area contributed by atoms with E-state index in [2.05, 4.69) is 0 Å². The molecule has 3 aromatic rings. The molecule has 156 valence electrons. The Morgan fingerprint density at radius 2 is 1.93 bits per heavy atom. The van der Waals surface area contributed by atoms with Crippen molar-refractivity contribution >= 4 is 21.9 Å². The molecular formula is C23H22O6S. The van der Waals surface area contributed by atoms with Crippen LogP contribution in [0.5, 0.6) is 11.5 Å². The molecule has 7 heteroatoms. The molecule has 1 N–H and O–H groups in total. The number of ether oxygens (including phenoxy) is 1. The zero-order valence-corrected chi connectivity index (χ0v) is 17.5. The van der Waals surface area contributed by atoms with E-state index in [4.69, 9.17) is 9.15 Å². The third-order valence-electron chi connectivity index (χ3n) is 4.33. The summed E-state index contributed by atoms with van der Waals surface area (Å²) in [6.45, 7) is 3.10. The Bertz CT molecular complexity index is 1190. The minimum absolute atomic E-state index is 0.0224. The van der Waals surface area contributed by atoms with Crippen LogP contribution in [0.4, 0.5) is 0 Å². The number of furan rings is 1. The number of carbonyl (C=O) groups is 1. The van der Waals surface area contributed by atoms with Crippen molar-refractivity contribution in [1.82, 2.24) is 0 Å². The van der Waals surface area contributed by atoms with E-state index < -0.39 is 15.8 Å². The van der Waals surface area contributed by atoms with Crippen molar-refractivity contribution in [2.45, 2.75) is 20.3 Å². The molecule has 0 atom stereocenters. The number of carbonyl (C=O) groups excluding carboxylic acids is 1. The second-order valence-electron chi connectivity index (χ2n) is 6.85. The fourth-order valence-corrected chi connectivity index (χ4v) is 3.88. The molecule has 0 amide bonds. The van der Waals surface area contributed by atoms with Crippen LogP contribution in [0.15, 0.2) is 64.4 Å². The van der Waals surface area contributed by atoms with Gasteiger partial charge in [0.1, 0.15) is 11.5 Å². The third-order valence-corrected chi connectivity index (χ3v) is 5.66. The first-order chi connectivity index (χ1) is 14.2. The number of phenols is 1. The van der Waals surface area contributed by atoms with Crippen molar-refractivity contribution in [2.75, 3.05) is 5.75 Å². The average molecular weight is 426 g/mol. The number of phenolic OH excluding ortho intramolecular Hbond substituents is 1. The standard InChI is InChI=1S/C23H22O6S/c1-16-6-8-22(28-16)20-5-3-4-18(14-20)10-12-30(26,27)13-11-19-7-9-23(21(25)15-19)29-17(2)24/h3-9,11,13-15,25H,10,12H2,1-2H3/b13-11+. The zero-order chi connectivity index (χ0) is 21.7. The molecule has 0 spiro atoms. The highest BCUT2D eigenvalue weighted by Gasteiger charge is 2.10. The maximum atomic E-state index is 12.4. The van der Waals surface area contributed by atoms with Gasteiger partial charge in [0.2, 0.25) is 0 Å². The Balaban J connectivity index is 1.66. The lowest BCUT2D eigenvalue weighted by atomic mass is 10.1. The Kier molecular flexibility index (Phi) is 6.42. The number of aryl methyl sites for hydroxylation is 2. The summed E-state index contributed by atoms with van der Waals surface area (Å²) in [7, 11) is -3.46. The molecule has 0 unspecified atom stereocenters. The summed E-state index contributed by atoms with van der Waals surface area (Å²) < 4.78 is 35.2. The Morgan fingerprint density at radius 1 is 1.13 bits per heavy atom. The molecule has 0 aliphatic rings. The summed E-state index contributed by atoms with van der Waals surface area (Å²) in [5.74, 6) is 0.734. The van der Waals surface area contributed by atoms with Gasteiger partial charge < -0.3 is 14.3 Å². The Labute approximate surface area is 175 Å². The molecule has 2 aromatic carbocycles. The monoisotopic (exact) mass is 426 g/mol. The number of hydrogen-bond acceptors (Lipinski definition) is 6. The van der Waals surface area contributed by atoms with Crippen molar-refractivity contribution in [2.24, 2.45) is 0 Å². The highest BCUT2D eigenvalue weighted by molar-refractivity contribution is 7.94. The van der Waals surface area contributed by atoms with Gasteiger partial charge in [-0.1, -0.05) is 24.3 Å². The average Bonchev–Trinajstić information content (AvgIpc) is 3.13. The van der Waals surface area contributed by atoms with Gasteiger partial charge in [0, 0.05) is 17.9 Å². The molecule has 6 nitrogen and oxygen atoms in total. The number of esters is 1. The first-order valence-electron chi connectivity index (χ1n) is 9.30. The van der Waals surface area contributed by atoms with Crippen molar-refractivity contribution in [3.05, 3.63) is 76.9 Å². The van der Waals surface area contributed by atoms with Gasteiger partial charge in [-0.05, 0) is 60.9 Å². The second kappa shape index (κ2) is 9.00. The summed E-state index contributed by atoms with van der Waals surface area (Å²) >= 11 is 0. The van der Waals surface area contributed by atoms with E-state index in [1.165, 1.54) is 25.1 Å². The topological polar surface area (TPSA) is 93.8 Å². The van der Waals surface area contributed by atoms with E-state index >= 15 is 0 Å². The molecule has 3 rings (SSSR count). The van der Waals surface area contributed by atoms with Crippen LogP contribution in [0, 0.1) is 6.92 Å². The summed E-state index contributed by atoms with van der Waals surface area (Å²) in [6.07, 6.45) is 1.76. The zero-order valence-electron chi connectivity index (χ0n) is 16.7. The van der Waals surface area contributed by atoms with Gasteiger partial charge in [-0.3, -0.25) is 4.79 Å². The molecule has 0 aliphatic carbocycles. The van der Waals surface area contributed by atoms with Crippen molar-refractivity contribution in [3.8, 4) is 22.8 Å². The van der Waals surface area contributed by atoms with Crippen LogP contribution in [0.3, 0.4) is 0 Å². The van der Waals surface area contributed by atoms with Crippen LogP contribution in [0.2, 0.25) is 0 Å². The summed E-state index contributed by atoms with van der Waals surface area (Å²) in [5, 5.41) is 11.0. The second-order valence-corrected chi connectivity index (χ2v) is 8.86. The largest absolute Gasteiger partial charge is 0.504 e. The highest BCUT2D eigenvalue weighted by atomic mass is 32.2. The van der Waals surface area contributed by atoms with Crippen molar-refractivity contribution in [3.63, 3.8) is 0 Å². The number of sulfone groups is 1. The van der Waals surface area contributed by atoms with Crippen LogP contribution in [0.1, 0.15) is 23.8 Å². The molecule has 0 aliphatic heterocycles. The quantitative estimate of drug-likeness (QED) is 0.441. The smallest absolute Gasteiger partial charge is 0.308 e. The van der Waals surface area contributed by atoms with E-state index in [1.807, 2.05) is 43.3 Å². The number of aromatic hydroxyl groups is 1. The SMILES string of the molecule is CC(=O)Oc1ccc(/C=C/S(=O)(=O)CCc2cccc(-c3ccc(C)o3)c2)cc1O. The number of rotatable bonds is 7. The highest BCUT2D eigenvalue weighted by Crippen LogP contribution is 2.27. The molecule has 0 radical (unpaired) electrons. The predicted octanol–water partition coefficient (Wildman–Crippen LogP) is 4.51. The van der Waals surface area contributed by atoms with E-state index in [0.717, 1.165) is 28.1 Å². The third kappa shape index (κ3) is 5.84. The molecule has 0 saturated heterocycles. The van der Waals surface area contributed by atoms with E-state index in [1.54, 1.807) is 6.07 Å². The van der Waals surface area contributed by atoms with Crippen LogP contribution >= 0.6 is 0 Å². The van der Waals surface area contributed by atoms with Crippen molar-refractivity contribution in [1.29, 1.82) is 0 Å². The first kappa shape index (κ1) is 21.4. The molecule has 1 heterocycles. The molecule has 1 aromatic heterocycles. The van der Waals surface area contributed by atoms with Gasteiger partial charge in [0.25, 0.3) is 0 Å². The lowest BCUT2D eigenvalue weighted by Crippen LogP contribution is -2.05. The lowest BCUT2D eigenvalue weighted by Gasteiger charge is -2.05. The minimum Gasteiger partial charge on any atom is -0.504 e. The van der Waals surface area contributed by atoms with Crippen LogP contribution in [-0.4, -0.2) is 25.2 Å². The molecule has 0 fully saturated rings. The Hall–Kier alpha value is -3.32. The van der Waals surface area contributed by atoms with Crippen LogP contribution in [-0.2, 0) is 21.1 Å². The maximum absolute atomic E-state index is 12.4. The van der Waals surface area contributed by atoms with E-state index in [-0.39, 0.29) is 17.3 Å². The molecule has 0 bridgehead atoms. The van der Waals surface area contributed by atoms with Gasteiger partial charge in [-0.15, -0.1) is 0 Å². The fourth-order valence-electron chi connectivity index (χ4n) is 2.86. The van der Waals surface area contributed by atoms with E-state index in [0.29, 0.717) is 12.0 Å². The normalized spacial score (nSPS) is 11.7. The number of hydrogen-bond donors (Lipinski definition) is 1. The predicted molar refractivity (Wildman–Crippen MR) is 115 cm³/mol. The minimum atomic E-state index is -3.46.